The lowest BCUT2D eigenvalue weighted by atomic mass is 9.96. The van der Waals surface area contributed by atoms with E-state index in [0.29, 0.717) is 47.6 Å². The van der Waals surface area contributed by atoms with Crippen molar-refractivity contribution >= 4 is 34.3 Å². The number of carbonyl (C=O) groups is 2. The Morgan fingerprint density at radius 2 is 1.67 bits per heavy atom. The fourth-order valence-corrected chi connectivity index (χ4v) is 4.38. The summed E-state index contributed by atoms with van der Waals surface area (Å²) in [7, 11) is 0. The highest BCUT2D eigenvalue weighted by molar-refractivity contribution is 6.30. The van der Waals surface area contributed by atoms with Crippen LogP contribution in [-0.4, -0.2) is 39.2 Å². The minimum absolute atomic E-state index is 0.00320. The average Bonchev–Trinajstić information content (AvgIpc) is 3.17. The van der Waals surface area contributed by atoms with Crippen LogP contribution in [0.4, 0.5) is 13.2 Å². The van der Waals surface area contributed by atoms with E-state index >= 15 is 0 Å². The van der Waals surface area contributed by atoms with Crippen molar-refractivity contribution < 1.29 is 22.8 Å². The number of benzene rings is 2. The molecule has 0 spiro atoms. The fourth-order valence-electron chi connectivity index (χ4n) is 4.26. The molecule has 1 saturated heterocycles. The molecule has 4 rings (SSSR count). The Morgan fingerprint density at radius 3 is 2.33 bits per heavy atom. The number of likely N-dealkylation sites (tertiary alicyclic amines) is 1. The molecule has 1 aliphatic heterocycles. The highest BCUT2D eigenvalue weighted by atomic mass is 35.5. The van der Waals surface area contributed by atoms with Crippen molar-refractivity contribution in [2.24, 2.45) is 5.92 Å². The summed E-state index contributed by atoms with van der Waals surface area (Å²) in [6.07, 6.45) is -3.12. The number of fused-ring (bicyclic) bond motifs is 1. The van der Waals surface area contributed by atoms with Gasteiger partial charge in [0, 0.05) is 43.1 Å². The maximum absolute atomic E-state index is 13.5. The molecule has 2 heterocycles. The van der Waals surface area contributed by atoms with Crippen molar-refractivity contribution in [3.05, 3.63) is 64.9 Å². The van der Waals surface area contributed by atoms with E-state index in [2.05, 4.69) is 4.98 Å². The van der Waals surface area contributed by atoms with Gasteiger partial charge in [0.1, 0.15) is 0 Å². The van der Waals surface area contributed by atoms with E-state index < -0.39 is 12.0 Å². The minimum atomic E-state index is -4.54. The summed E-state index contributed by atoms with van der Waals surface area (Å²) < 4.78 is 41.8. The summed E-state index contributed by atoms with van der Waals surface area (Å²) in [5.74, 6) is -1.12. The largest absolute Gasteiger partial charge is 0.449 e. The van der Waals surface area contributed by atoms with Gasteiger partial charge < -0.3 is 9.47 Å². The summed E-state index contributed by atoms with van der Waals surface area (Å²) in [5.41, 5.74) is 1.30. The molecule has 1 amide bonds. The predicted octanol–water partition coefficient (Wildman–Crippen LogP) is 5.61. The first-order valence-corrected chi connectivity index (χ1v) is 11.2. The number of hydrogen-bond acceptors (Lipinski definition) is 3. The Labute approximate surface area is 194 Å². The van der Waals surface area contributed by atoms with Gasteiger partial charge >= 0.3 is 6.18 Å². The highest BCUT2D eigenvalue weighted by Crippen LogP contribution is 2.33. The molecule has 0 saturated carbocycles. The molecule has 3 aromatic rings. The SMILES string of the molecule is O=C(CCC(=O)N1CCC(Cn2c(C(F)(F)F)nc3ccccc32)CC1)c1ccc(Cl)cc1. The van der Waals surface area contributed by atoms with Crippen LogP contribution >= 0.6 is 11.6 Å². The molecule has 9 heteroatoms. The van der Waals surface area contributed by atoms with E-state index in [1.165, 1.54) is 4.57 Å². The van der Waals surface area contributed by atoms with Crippen molar-refractivity contribution in [3.63, 3.8) is 0 Å². The van der Waals surface area contributed by atoms with E-state index in [1.807, 2.05) is 0 Å². The van der Waals surface area contributed by atoms with Crippen LogP contribution in [0.15, 0.2) is 48.5 Å². The summed E-state index contributed by atoms with van der Waals surface area (Å²) in [6, 6.07) is 13.1. The molecule has 33 heavy (non-hydrogen) atoms. The van der Waals surface area contributed by atoms with E-state index in [9.17, 15) is 22.8 Å². The topological polar surface area (TPSA) is 55.2 Å². The first kappa shape index (κ1) is 23.3. The zero-order valence-electron chi connectivity index (χ0n) is 17.8. The molecular weight excluding hydrogens is 455 g/mol. The molecule has 0 N–H and O–H groups in total. The van der Waals surface area contributed by atoms with E-state index in [-0.39, 0.29) is 37.0 Å². The number of para-hydroxylation sites is 2. The smallest absolute Gasteiger partial charge is 0.343 e. The van der Waals surface area contributed by atoms with Crippen molar-refractivity contribution in [1.82, 2.24) is 14.5 Å². The number of halogens is 4. The van der Waals surface area contributed by atoms with Crippen LogP contribution in [0.5, 0.6) is 0 Å². The van der Waals surface area contributed by atoms with Gasteiger partial charge in [0.15, 0.2) is 5.78 Å². The summed E-state index contributed by atoms with van der Waals surface area (Å²) in [4.78, 5) is 30.3. The Bertz CT molecular complexity index is 1150. The summed E-state index contributed by atoms with van der Waals surface area (Å²) in [5, 5.41) is 0.538. The Kier molecular flexibility index (Phi) is 6.74. The molecule has 0 aliphatic carbocycles. The Hall–Kier alpha value is -2.87. The number of nitrogens with zero attached hydrogens (tertiary/aromatic N) is 3. The van der Waals surface area contributed by atoms with E-state index in [4.69, 9.17) is 11.6 Å². The molecule has 0 unspecified atom stereocenters. The van der Waals surface area contributed by atoms with Crippen molar-refractivity contribution in [3.8, 4) is 0 Å². The lowest BCUT2D eigenvalue weighted by Gasteiger charge is -2.32. The molecule has 1 fully saturated rings. The number of piperidine rings is 1. The molecular formula is C24H23ClF3N3O2. The van der Waals surface area contributed by atoms with Crippen molar-refractivity contribution in [2.45, 2.75) is 38.4 Å². The van der Waals surface area contributed by atoms with Gasteiger partial charge in [-0.05, 0) is 55.2 Å². The first-order valence-electron chi connectivity index (χ1n) is 10.8. The molecule has 0 radical (unpaired) electrons. The van der Waals surface area contributed by atoms with Crippen LogP contribution < -0.4 is 0 Å². The van der Waals surface area contributed by atoms with Gasteiger partial charge in [-0.1, -0.05) is 23.7 Å². The summed E-state index contributed by atoms with van der Waals surface area (Å²) >= 11 is 5.83. The second kappa shape index (κ2) is 9.55. The lowest BCUT2D eigenvalue weighted by Crippen LogP contribution is -2.39. The minimum Gasteiger partial charge on any atom is -0.343 e. The molecule has 1 aliphatic rings. The van der Waals surface area contributed by atoms with Crippen LogP contribution in [0.25, 0.3) is 11.0 Å². The molecule has 174 valence electrons. The third-order valence-corrected chi connectivity index (χ3v) is 6.30. The number of alkyl halides is 3. The molecule has 1 aromatic heterocycles. The maximum Gasteiger partial charge on any atom is 0.449 e. The predicted molar refractivity (Wildman–Crippen MR) is 119 cm³/mol. The number of carbonyl (C=O) groups excluding carboxylic acids is 2. The van der Waals surface area contributed by atoms with Crippen molar-refractivity contribution in [2.75, 3.05) is 13.1 Å². The molecule has 0 bridgehead atoms. The van der Waals surface area contributed by atoms with E-state index in [0.717, 1.165) is 0 Å². The Balaban J connectivity index is 1.33. The fraction of sp³-hybridized carbons (Fsp3) is 0.375. The number of rotatable bonds is 6. The van der Waals surface area contributed by atoms with Crippen LogP contribution in [0.2, 0.25) is 5.02 Å². The van der Waals surface area contributed by atoms with Crippen molar-refractivity contribution in [1.29, 1.82) is 0 Å². The van der Waals surface area contributed by atoms with Gasteiger partial charge in [0.05, 0.1) is 11.0 Å². The monoisotopic (exact) mass is 477 g/mol. The number of ketones is 1. The highest BCUT2D eigenvalue weighted by Gasteiger charge is 2.38. The number of imidazole rings is 1. The maximum atomic E-state index is 13.5. The first-order chi connectivity index (χ1) is 15.7. The number of Topliss-reactive ketones (excluding diaryl/α,β-unsaturated/α-hetero) is 1. The van der Waals surface area contributed by atoms with Gasteiger partial charge in [-0.25, -0.2) is 4.98 Å². The normalized spacial score (nSPS) is 15.2. The van der Waals surface area contributed by atoms with Crippen LogP contribution in [0, 0.1) is 5.92 Å². The van der Waals surface area contributed by atoms with Gasteiger partial charge in [0.25, 0.3) is 0 Å². The van der Waals surface area contributed by atoms with Gasteiger partial charge in [-0.15, -0.1) is 0 Å². The van der Waals surface area contributed by atoms with Crippen LogP contribution in [-0.2, 0) is 17.5 Å². The van der Waals surface area contributed by atoms with Gasteiger partial charge in [-0.2, -0.15) is 13.2 Å². The summed E-state index contributed by atoms with van der Waals surface area (Å²) in [6.45, 7) is 1.13. The van der Waals surface area contributed by atoms with E-state index in [1.54, 1.807) is 53.4 Å². The number of amides is 1. The molecule has 2 aromatic carbocycles. The second-order valence-corrected chi connectivity index (χ2v) is 8.72. The second-order valence-electron chi connectivity index (χ2n) is 8.29. The molecule has 0 atom stereocenters. The quantitative estimate of drug-likeness (QED) is 0.434. The number of aromatic nitrogens is 2. The Morgan fingerprint density at radius 1 is 1.00 bits per heavy atom. The van der Waals surface area contributed by atoms with Crippen LogP contribution in [0.3, 0.4) is 0 Å². The van der Waals surface area contributed by atoms with Crippen LogP contribution in [0.1, 0.15) is 41.9 Å². The van der Waals surface area contributed by atoms with Gasteiger partial charge in [-0.3, -0.25) is 9.59 Å². The lowest BCUT2D eigenvalue weighted by molar-refractivity contribution is -0.147. The third kappa shape index (κ3) is 5.38. The third-order valence-electron chi connectivity index (χ3n) is 6.05. The number of hydrogen-bond donors (Lipinski definition) is 0. The molecule has 5 nitrogen and oxygen atoms in total. The average molecular weight is 478 g/mol. The zero-order chi connectivity index (χ0) is 23.6. The van der Waals surface area contributed by atoms with Gasteiger partial charge in [0.2, 0.25) is 11.7 Å². The standard InChI is InChI=1S/C24H23ClF3N3O2/c25-18-7-5-17(6-8-18)21(32)9-10-22(33)30-13-11-16(12-14-30)15-31-20-4-2-1-3-19(20)29-23(31)24(26,27)28/h1-8,16H,9-15H2. The zero-order valence-corrected chi connectivity index (χ0v) is 18.6.